The molecule has 3 aromatic rings. The van der Waals surface area contributed by atoms with E-state index < -0.39 is 133 Å². The summed E-state index contributed by atoms with van der Waals surface area (Å²) in [6, 6.07) is 11.6. The number of nitrogens with two attached hydrogens (primary N) is 1. The molecule has 0 bridgehead atoms. The van der Waals surface area contributed by atoms with Crippen LogP contribution in [0.2, 0.25) is 0 Å². The molecule has 0 heterocycles. The summed E-state index contributed by atoms with van der Waals surface area (Å²) in [7, 11) is 1.28. The standard InChI is InChI=1S/C44H52N8O15/c1-46-28(21-35(55)56)39(62)48-30(18-25-13-7-3-8-14-25)41(64)51-33(23-37(59)60)44(67)50-31(19-26-15-9-4-10-16-26)42(65)52-32(22-36(57)58)43(66)49-29(17-24-11-5-2-6-12-24)40(63)47-27(38(45)61)20-34(53)54/h2-16,27-33,46H,17-23H2,1H3,(H2,45,61)(H,47,63)(H,48,62)(H,49,66)(H,50,67)(H,51,64)(H,52,65)(H,53,54)(H,55,56)(H,57,58)(H,59,60)/p-4/t27-,28-,29?,30?,31?,32-,33-/m0/s1. The fourth-order valence-electron chi connectivity index (χ4n) is 6.44. The molecule has 0 aliphatic rings. The van der Waals surface area contributed by atoms with Gasteiger partial charge in [0.15, 0.2) is 0 Å². The number of benzene rings is 3. The fraction of sp³-hybridized carbons (Fsp3) is 0.341. The number of primary amides is 1. The Bertz CT molecular complexity index is 2250. The Kier molecular flexibility index (Phi) is 21.1. The van der Waals surface area contributed by atoms with E-state index in [1.165, 1.54) is 19.2 Å². The van der Waals surface area contributed by atoms with E-state index in [1.54, 1.807) is 78.9 Å². The third kappa shape index (κ3) is 18.8. The first-order valence-corrected chi connectivity index (χ1v) is 20.5. The monoisotopic (exact) mass is 928 g/mol. The molecular weight excluding hydrogens is 881 g/mol. The van der Waals surface area contributed by atoms with Crippen LogP contribution in [0.5, 0.6) is 0 Å². The Balaban J connectivity index is 1.95. The Morgan fingerprint density at radius 3 is 0.866 bits per heavy atom. The molecule has 0 saturated carbocycles. The first-order chi connectivity index (χ1) is 31.8. The lowest BCUT2D eigenvalue weighted by Crippen LogP contribution is -2.61. The van der Waals surface area contributed by atoms with Gasteiger partial charge in [0.1, 0.15) is 36.3 Å². The lowest BCUT2D eigenvalue weighted by Gasteiger charge is -2.28. The smallest absolute Gasteiger partial charge is 0.243 e. The molecule has 3 unspecified atom stereocenters. The molecule has 7 atom stereocenters. The second-order valence-electron chi connectivity index (χ2n) is 15.0. The van der Waals surface area contributed by atoms with Gasteiger partial charge >= 0.3 is 0 Å². The Hall–Kier alpha value is -8.21. The Labute approximate surface area is 382 Å². The molecule has 0 aliphatic heterocycles. The number of carboxylic acid groups (broad SMARTS) is 4. The summed E-state index contributed by atoms with van der Waals surface area (Å²) in [5.74, 6) is -15.4. The first-order valence-electron chi connectivity index (χ1n) is 20.5. The van der Waals surface area contributed by atoms with Crippen molar-refractivity contribution < 1.29 is 73.2 Å². The van der Waals surface area contributed by atoms with Crippen LogP contribution >= 0.6 is 0 Å². The highest BCUT2D eigenvalue weighted by atomic mass is 16.4. The second-order valence-corrected chi connectivity index (χ2v) is 15.0. The highest BCUT2D eigenvalue weighted by Gasteiger charge is 2.34. The van der Waals surface area contributed by atoms with Gasteiger partial charge < -0.3 is 82.6 Å². The van der Waals surface area contributed by atoms with Crippen molar-refractivity contribution in [2.45, 2.75) is 87.2 Å². The van der Waals surface area contributed by atoms with E-state index in [-0.39, 0.29) is 19.3 Å². The normalized spacial score (nSPS) is 13.9. The largest absolute Gasteiger partial charge is 0.550 e. The van der Waals surface area contributed by atoms with E-state index in [2.05, 4.69) is 37.2 Å². The maximum Gasteiger partial charge on any atom is 0.243 e. The van der Waals surface area contributed by atoms with Gasteiger partial charge in [-0.05, 0) is 23.7 Å². The molecule has 0 aromatic heterocycles. The minimum atomic E-state index is -2.05. The molecule has 0 spiro atoms. The van der Waals surface area contributed by atoms with Crippen molar-refractivity contribution in [2.75, 3.05) is 7.05 Å². The van der Waals surface area contributed by atoms with Crippen molar-refractivity contribution in [2.24, 2.45) is 5.73 Å². The number of amides is 7. The summed E-state index contributed by atoms with van der Waals surface area (Å²) in [6.45, 7) is 0. The summed E-state index contributed by atoms with van der Waals surface area (Å²) in [5, 5.41) is 62.4. The summed E-state index contributed by atoms with van der Waals surface area (Å²) >= 11 is 0. The van der Waals surface area contributed by atoms with E-state index in [9.17, 15) is 73.2 Å². The molecule has 23 heteroatoms. The molecule has 358 valence electrons. The zero-order valence-electron chi connectivity index (χ0n) is 35.9. The molecule has 0 radical (unpaired) electrons. The number of carboxylic acids is 4. The zero-order chi connectivity index (χ0) is 49.6. The summed E-state index contributed by atoms with van der Waals surface area (Å²) in [6.07, 6.45) is -5.16. The van der Waals surface area contributed by atoms with Gasteiger partial charge in [0.05, 0.1) is 6.04 Å². The predicted octanol–water partition coefficient (Wildman–Crippen LogP) is -7.74. The van der Waals surface area contributed by atoms with E-state index in [0.717, 1.165) is 0 Å². The SMILES string of the molecule is CN[C@@H](CC(=O)[O-])C(=O)NC(Cc1ccccc1)C(=O)N[C@@H](CC(=O)[O-])C(=O)NC(Cc1ccccc1)C(=O)N[C@@H](CC(=O)[O-])C(=O)NC(Cc1ccccc1)C(=O)N[C@@H](CC(=O)[O-])C(N)=O. The first kappa shape index (κ1) is 53.1. The fourth-order valence-corrected chi connectivity index (χ4v) is 6.44. The number of likely N-dealkylation sites (N-methyl/N-ethyl adjacent to an activating group) is 1. The van der Waals surface area contributed by atoms with Crippen molar-refractivity contribution in [3.8, 4) is 0 Å². The molecule has 3 aromatic carbocycles. The zero-order valence-corrected chi connectivity index (χ0v) is 35.9. The molecular formula is C44H48N8O15-4. The maximum absolute atomic E-state index is 14.1. The minimum absolute atomic E-state index is 0.236. The molecule has 23 nitrogen and oxygen atoms in total. The minimum Gasteiger partial charge on any atom is -0.550 e. The number of nitrogens with one attached hydrogen (secondary N) is 7. The quantitative estimate of drug-likeness (QED) is 0.0335. The molecule has 3 rings (SSSR count). The van der Waals surface area contributed by atoms with Crippen molar-refractivity contribution in [1.29, 1.82) is 0 Å². The van der Waals surface area contributed by atoms with Gasteiger partial charge in [-0.2, -0.15) is 0 Å². The van der Waals surface area contributed by atoms with E-state index in [1.807, 2.05) is 0 Å². The molecule has 67 heavy (non-hydrogen) atoms. The Morgan fingerprint density at radius 2 is 0.597 bits per heavy atom. The van der Waals surface area contributed by atoms with Crippen LogP contribution in [0.15, 0.2) is 91.0 Å². The van der Waals surface area contributed by atoms with Crippen molar-refractivity contribution in [3.05, 3.63) is 108 Å². The summed E-state index contributed by atoms with van der Waals surface area (Å²) < 4.78 is 0. The lowest BCUT2D eigenvalue weighted by molar-refractivity contribution is -0.307. The highest BCUT2D eigenvalue weighted by molar-refractivity contribution is 5.99. The van der Waals surface area contributed by atoms with Gasteiger partial charge in [0, 0.05) is 68.8 Å². The van der Waals surface area contributed by atoms with E-state index in [0.29, 0.717) is 16.7 Å². The Morgan fingerprint density at radius 1 is 0.373 bits per heavy atom. The number of carbonyl (C=O) groups excluding carboxylic acids is 11. The number of rotatable bonds is 28. The second kappa shape index (κ2) is 26.5. The maximum atomic E-state index is 14.1. The molecule has 0 fully saturated rings. The molecule has 0 saturated heterocycles. The third-order valence-corrected chi connectivity index (χ3v) is 9.82. The van der Waals surface area contributed by atoms with E-state index in [4.69, 9.17) is 5.73 Å². The van der Waals surface area contributed by atoms with Gasteiger partial charge in [0.2, 0.25) is 41.4 Å². The van der Waals surface area contributed by atoms with Crippen LogP contribution in [0, 0.1) is 0 Å². The average molecular weight is 929 g/mol. The van der Waals surface area contributed by atoms with Crippen molar-refractivity contribution in [1.82, 2.24) is 37.2 Å². The van der Waals surface area contributed by atoms with Gasteiger partial charge in [-0.3, -0.25) is 33.6 Å². The molecule has 0 aliphatic carbocycles. The lowest BCUT2D eigenvalue weighted by atomic mass is 10.0. The van der Waals surface area contributed by atoms with Crippen LogP contribution in [-0.2, 0) is 72.0 Å². The predicted molar refractivity (Wildman–Crippen MR) is 223 cm³/mol. The number of hydrogen-bond donors (Lipinski definition) is 8. The van der Waals surface area contributed by atoms with Crippen LogP contribution in [0.1, 0.15) is 42.4 Å². The van der Waals surface area contributed by atoms with Crippen LogP contribution in [0.3, 0.4) is 0 Å². The summed E-state index contributed by atoms with van der Waals surface area (Å²) in [5.41, 5.74) is 6.53. The van der Waals surface area contributed by atoms with Crippen LogP contribution in [0.25, 0.3) is 0 Å². The number of carbonyl (C=O) groups is 11. The third-order valence-electron chi connectivity index (χ3n) is 9.82. The van der Waals surface area contributed by atoms with Gasteiger partial charge in [-0.25, -0.2) is 0 Å². The van der Waals surface area contributed by atoms with Crippen molar-refractivity contribution in [3.63, 3.8) is 0 Å². The molecule has 7 amide bonds. The van der Waals surface area contributed by atoms with E-state index >= 15 is 0 Å². The van der Waals surface area contributed by atoms with Crippen LogP contribution in [-0.4, -0.2) is 115 Å². The van der Waals surface area contributed by atoms with Crippen LogP contribution in [0.4, 0.5) is 0 Å². The highest BCUT2D eigenvalue weighted by Crippen LogP contribution is 2.10. The van der Waals surface area contributed by atoms with Crippen molar-refractivity contribution >= 4 is 65.2 Å². The molecule has 9 N–H and O–H groups in total. The van der Waals surface area contributed by atoms with Crippen LogP contribution < -0.4 is 63.4 Å². The number of hydrogen-bond acceptors (Lipinski definition) is 16. The van der Waals surface area contributed by atoms with Gasteiger partial charge in [-0.15, -0.1) is 0 Å². The average Bonchev–Trinajstić information content (AvgIpc) is 3.27. The number of aliphatic carboxylic acids is 4. The van der Waals surface area contributed by atoms with Gasteiger partial charge in [-0.1, -0.05) is 91.0 Å². The summed E-state index contributed by atoms with van der Waals surface area (Å²) in [4.78, 5) is 140. The topological polar surface area (TPSA) is 390 Å². The van der Waals surface area contributed by atoms with Gasteiger partial charge in [0.25, 0.3) is 0 Å².